The number of benzene rings is 3. The molecule has 3 rings (SSSR count). The highest BCUT2D eigenvalue weighted by Crippen LogP contribution is 2.32. The number of phenols is 1. The molecule has 3 heteroatoms. The van der Waals surface area contributed by atoms with Crippen LogP contribution in [0, 0.1) is 0 Å². The zero-order valence-corrected chi connectivity index (χ0v) is 16.6. The van der Waals surface area contributed by atoms with Crippen LogP contribution in [0.5, 0.6) is 17.2 Å². The lowest BCUT2D eigenvalue weighted by molar-refractivity contribution is 0.103. The molecule has 0 amide bonds. The van der Waals surface area contributed by atoms with Gasteiger partial charge in [-0.25, -0.2) is 0 Å². The molecule has 0 bridgehead atoms. The minimum absolute atomic E-state index is 0.0886. The van der Waals surface area contributed by atoms with Crippen molar-refractivity contribution in [3.63, 3.8) is 0 Å². The molecule has 1 N–H and O–H groups in total. The molecule has 0 saturated carbocycles. The second kappa shape index (κ2) is 8.30. The van der Waals surface area contributed by atoms with Crippen molar-refractivity contribution in [3.05, 3.63) is 89.5 Å². The largest absolute Gasteiger partial charge is 0.508 e. The summed E-state index contributed by atoms with van der Waals surface area (Å²) in [5.41, 5.74) is 2.63. The minimum Gasteiger partial charge on any atom is -0.508 e. The van der Waals surface area contributed by atoms with Crippen molar-refractivity contribution in [2.24, 2.45) is 0 Å². The van der Waals surface area contributed by atoms with Gasteiger partial charge in [0.15, 0.2) is 5.78 Å². The lowest BCUT2D eigenvalue weighted by Gasteiger charge is -2.27. The zero-order chi connectivity index (χ0) is 20.1. The first-order valence-corrected chi connectivity index (χ1v) is 9.67. The Balaban J connectivity index is 1.70. The van der Waals surface area contributed by atoms with Crippen LogP contribution < -0.4 is 4.74 Å². The summed E-state index contributed by atoms with van der Waals surface area (Å²) in [5.74, 6) is 1.51. The van der Waals surface area contributed by atoms with Gasteiger partial charge in [0.05, 0.1) is 0 Å². The lowest BCUT2D eigenvalue weighted by Crippen LogP contribution is -2.19. The maximum atomic E-state index is 12.5. The highest BCUT2D eigenvalue weighted by atomic mass is 16.5. The summed E-state index contributed by atoms with van der Waals surface area (Å²) in [6, 6.07) is 21.6. The molecule has 0 aliphatic carbocycles. The number of carbonyl (C=O) groups excluding carboxylic acids is 1. The van der Waals surface area contributed by atoms with Gasteiger partial charge in [-0.1, -0.05) is 32.9 Å². The topological polar surface area (TPSA) is 46.5 Å². The predicted octanol–water partition coefficient (Wildman–Crippen LogP) is 6.49. The molecule has 3 aromatic carbocycles. The van der Waals surface area contributed by atoms with E-state index >= 15 is 0 Å². The Morgan fingerprint density at radius 2 is 1.21 bits per heavy atom. The average Bonchev–Trinajstić information content (AvgIpc) is 2.74. The standard InChI is InChI=1S/C25H26O3/c1-4-25(3,5-2)20-10-16-23(17-11-20)28-22-14-8-19(9-15-22)24(27)18-6-12-21(26)13-7-18/h6-17,26H,4-5H2,1-3H3. The van der Waals surface area contributed by atoms with Crippen LogP contribution in [0.4, 0.5) is 0 Å². The molecular formula is C25H26O3. The molecular weight excluding hydrogens is 348 g/mol. The fourth-order valence-corrected chi connectivity index (χ4v) is 3.17. The SMILES string of the molecule is CCC(C)(CC)c1ccc(Oc2ccc(C(=O)c3ccc(O)cc3)cc2)cc1. The first-order valence-electron chi connectivity index (χ1n) is 9.67. The molecule has 0 heterocycles. The molecule has 0 radical (unpaired) electrons. The van der Waals surface area contributed by atoms with Gasteiger partial charge in [-0.15, -0.1) is 0 Å². The summed E-state index contributed by atoms with van der Waals surface area (Å²) in [6.45, 7) is 6.72. The first-order chi connectivity index (χ1) is 13.4. The van der Waals surface area contributed by atoms with E-state index in [0.717, 1.165) is 18.6 Å². The Morgan fingerprint density at radius 3 is 1.68 bits per heavy atom. The smallest absolute Gasteiger partial charge is 0.193 e. The van der Waals surface area contributed by atoms with Crippen molar-refractivity contribution in [1.29, 1.82) is 0 Å². The fraction of sp³-hybridized carbons (Fsp3) is 0.240. The number of ether oxygens (including phenoxy) is 1. The molecule has 0 spiro atoms. The van der Waals surface area contributed by atoms with E-state index in [0.29, 0.717) is 16.9 Å². The monoisotopic (exact) mass is 374 g/mol. The maximum Gasteiger partial charge on any atom is 0.193 e. The number of aromatic hydroxyl groups is 1. The van der Waals surface area contributed by atoms with E-state index in [9.17, 15) is 9.90 Å². The van der Waals surface area contributed by atoms with E-state index in [4.69, 9.17) is 4.74 Å². The summed E-state index contributed by atoms with van der Waals surface area (Å²) in [6.07, 6.45) is 2.19. The van der Waals surface area contributed by atoms with E-state index in [1.807, 2.05) is 12.1 Å². The van der Waals surface area contributed by atoms with Gasteiger partial charge < -0.3 is 9.84 Å². The highest BCUT2D eigenvalue weighted by Gasteiger charge is 2.21. The molecule has 3 aromatic rings. The van der Waals surface area contributed by atoms with E-state index in [1.165, 1.54) is 17.7 Å². The molecule has 0 aliphatic rings. The van der Waals surface area contributed by atoms with Crippen molar-refractivity contribution in [2.75, 3.05) is 0 Å². The molecule has 0 aliphatic heterocycles. The third-order valence-corrected chi connectivity index (χ3v) is 5.59. The van der Waals surface area contributed by atoms with Gasteiger partial charge in [0.1, 0.15) is 17.2 Å². The predicted molar refractivity (Wildman–Crippen MR) is 112 cm³/mol. The minimum atomic E-state index is -0.0886. The molecule has 0 unspecified atom stereocenters. The number of phenolic OH excluding ortho intramolecular Hbond substituents is 1. The number of hydrogen-bond acceptors (Lipinski definition) is 3. The van der Waals surface area contributed by atoms with Gasteiger partial charge in [0.25, 0.3) is 0 Å². The lowest BCUT2D eigenvalue weighted by atomic mass is 9.78. The van der Waals surface area contributed by atoms with Crippen LogP contribution in [0.3, 0.4) is 0 Å². The Hall–Kier alpha value is -3.07. The molecule has 3 nitrogen and oxygen atoms in total. The number of carbonyl (C=O) groups is 1. The number of rotatable bonds is 7. The number of ketones is 1. The Morgan fingerprint density at radius 1 is 0.786 bits per heavy atom. The van der Waals surface area contributed by atoms with E-state index in [-0.39, 0.29) is 16.9 Å². The van der Waals surface area contributed by atoms with Gasteiger partial charge in [-0.3, -0.25) is 4.79 Å². The van der Waals surface area contributed by atoms with Crippen LogP contribution in [0.25, 0.3) is 0 Å². The van der Waals surface area contributed by atoms with E-state index in [2.05, 4.69) is 32.9 Å². The Kier molecular flexibility index (Phi) is 5.84. The van der Waals surface area contributed by atoms with Crippen molar-refractivity contribution in [2.45, 2.75) is 39.0 Å². The normalized spacial score (nSPS) is 11.2. The molecule has 0 saturated heterocycles. The maximum absolute atomic E-state index is 12.5. The quantitative estimate of drug-likeness (QED) is 0.481. The van der Waals surface area contributed by atoms with Gasteiger partial charge in [0.2, 0.25) is 0 Å². The van der Waals surface area contributed by atoms with Gasteiger partial charge in [-0.05, 0) is 84.5 Å². The highest BCUT2D eigenvalue weighted by molar-refractivity contribution is 6.09. The van der Waals surface area contributed by atoms with Crippen molar-refractivity contribution in [3.8, 4) is 17.2 Å². The molecule has 0 fully saturated rings. The summed E-state index contributed by atoms with van der Waals surface area (Å²) in [5, 5.41) is 9.35. The van der Waals surface area contributed by atoms with Gasteiger partial charge in [0, 0.05) is 11.1 Å². The van der Waals surface area contributed by atoms with Crippen LogP contribution in [0.15, 0.2) is 72.8 Å². The first kappa shape index (κ1) is 19.7. The van der Waals surface area contributed by atoms with Crippen LogP contribution in [0.2, 0.25) is 0 Å². The second-order valence-corrected chi connectivity index (χ2v) is 7.29. The molecule has 28 heavy (non-hydrogen) atoms. The van der Waals surface area contributed by atoms with Crippen LogP contribution in [0.1, 0.15) is 55.1 Å². The summed E-state index contributed by atoms with van der Waals surface area (Å²) in [7, 11) is 0. The third kappa shape index (κ3) is 4.25. The van der Waals surface area contributed by atoms with Crippen LogP contribution in [-0.4, -0.2) is 10.9 Å². The zero-order valence-electron chi connectivity index (χ0n) is 16.6. The molecule has 144 valence electrons. The number of hydrogen-bond donors (Lipinski definition) is 1. The summed E-state index contributed by atoms with van der Waals surface area (Å²) >= 11 is 0. The Labute approximate surface area is 166 Å². The third-order valence-electron chi connectivity index (χ3n) is 5.59. The van der Waals surface area contributed by atoms with Crippen molar-refractivity contribution >= 4 is 5.78 Å². The summed E-state index contributed by atoms with van der Waals surface area (Å²) < 4.78 is 5.93. The van der Waals surface area contributed by atoms with E-state index in [1.54, 1.807) is 36.4 Å². The molecule has 0 aromatic heterocycles. The van der Waals surface area contributed by atoms with Gasteiger partial charge >= 0.3 is 0 Å². The molecule has 0 atom stereocenters. The van der Waals surface area contributed by atoms with Crippen molar-refractivity contribution in [1.82, 2.24) is 0 Å². The summed E-state index contributed by atoms with van der Waals surface area (Å²) in [4.78, 5) is 12.5. The van der Waals surface area contributed by atoms with Crippen LogP contribution >= 0.6 is 0 Å². The van der Waals surface area contributed by atoms with Crippen LogP contribution in [-0.2, 0) is 5.41 Å². The Bertz CT molecular complexity index is 919. The van der Waals surface area contributed by atoms with Crippen molar-refractivity contribution < 1.29 is 14.6 Å². The van der Waals surface area contributed by atoms with E-state index < -0.39 is 0 Å². The average molecular weight is 374 g/mol. The fourth-order valence-electron chi connectivity index (χ4n) is 3.17. The second-order valence-electron chi connectivity index (χ2n) is 7.29. The van der Waals surface area contributed by atoms with Gasteiger partial charge in [-0.2, -0.15) is 0 Å².